The summed E-state index contributed by atoms with van der Waals surface area (Å²) < 4.78 is 10.7. The molecule has 112 valence electrons. The highest BCUT2D eigenvalue weighted by Crippen LogP contribution is 2.44. The van der Waals surface area contributed by atoms with Gasteiger partial charge in [0.25, 0.3) is 5.91 Å². The maximum atomic E-state index is 12.1. The second kappa shape index (κ2) is 6.81. The van der Waals surface area contributed by atoms with Crippen LogP contribution in [-0.4, -0.2) is 45.9 Å². The van der Waals surface area contributed by atoms with E-state index in [-0.39, 0.29) is 5.91 Å². The van der Waals surface area contributed by atoms with Crippen LogP contribution in [0.3, 0.4) is 0 Å². The lowest BCUT2D eigenvalue weighted by molar-refractivity contribution is 0.0958. The fourth-order valence-electron chi connectivity index (χ4n) is 2.08. The first-order valence-electron chi connectivity index (χ1n) is 6.76. The Kier molecular flexibility index (Phi) is 5.08. The van der Waals surface area contributed by atoms with Crippen molar-refractivity contribution >= 4 is 27.9 Å². The summed E-state index contributed by atoms with van der Waals surface area (Å²) in [5.41, 5.74) is 6.48. The number of rotatable bonds is 5. The summed E-state index contributed by atoms with van der Waals surface area (Å²) in [5.74, 6) is 0.464. The number of anilines is 2. The molecule has 2 rings (SSSR count). The summed E-state index contributed by atoms with van der Waals surface area (Å²) in [5, 5.41) is 3.76. The molecule has 1 saturated heterocycles. The molecule has 1 fully saturated rings. The number of hydrogen-bond acceptors (Lipinski definition) is 6. The van der Waals surface area contributed by atoms with Crippen molar-refractivity contribution in [1.82, 2.24) is 5.32 Å². The number of hydrogen-bond donors (Lipinski definition) is 2. The molecule has 7 heteroatoms. The second-order valence-corrected chi connectivity index (χ2v) is 5.54. The SMILES string of the molecule is CCCNC(=O)c1sc(N2CCOCC2)c(OC)c1N. The van der Waals surface area contributed by atoms with Crippen molar-refractivity contribution in [3.63, 3.8) is 0 Å². The minimum absolute atomic E-state index is 0.132. The van der Waals surface area contributed by atoms with Crippen LogP contribution in [0.1, 0.15) is 23.0 Å². The molecule has 0 atom stereocenters. The van der Waals surface area contributed by atoms with Crippen LogP contribution in [0.5, 0.6) is 5.75 Å². The molecule has 6 nitrogen and oxygen atoms in total. The van der Waals surface area contributed by atoms with Gasteiger partial charge in [-0.1, -0.05) is 6.92 Å². The van der Waals surface area contributed by atoms with Gasteiger partial charge in [0.05, 0.1) is 20.3 Å². The van der Waals surface area contributed by atoms with Crippen LogP contribution in [0.2, 0.25) is 0 Å². The summed E-state index contributed by atoms with van der Waals surface area (Å²) in [4.78, 5) is 14.8. The lowest BCUT2D eigenvalue weighted by atomic mass is 10.3. The molecule has 1 aliphatic rings. The molecule has 0 bridgehead atoms. The van der Waals surface area contributed by atoms with Crippen molar-refractivity contribution in [1.29, 1.82) is 0 Å². The molecule has 0 aromatic carbocycles. The van der Waals surface area contributed by atoms with E-state index in [1.54, 1.807) is 7.11 Å². The Morgan fingerprint density at radius 2 is 2.20 bits per heavy atom. The summed E-state index contributed by atoms with van der Waals surface area (Å²) in [6.45, 7) is 5.58. The van der Waals surface area contributed by atoms with Crippen LogP contribution >= 0.6 is 11.3 Å². The Labute approximate surface area is 122 Å². The number of nitrogens with two attached hydrogens (primary N) is 1. The predicted octanol–water partition coefficient (Wildman–Crippen LogP) is 1.32. The third-order valence-corrected chi connectivity index (χ3v) is 4.37. The van der Waals surface area contributed by atoms with E-state index in [1.807, 2.05) is 6.92 Å². The number of nitrogens with zero attached hydrogens (tertiary/aromatic N) is 1. The van der Waals surface area contributed by atoms with Crippen molar-refractivity contribution in [2.45, 2.75) is 13.3 Å². The molecular formula is C13H21N3O3S. The summed E-state index contributed by atoms with van der Waals surface area (Å²) in [6.07, 6.45) is 0.893. The van der Waals surface area contributed by atoms with Gasteiger partial charge in [-0.3, -0.25) is 4.79 Å². The van der Waals surface area contributed by atoms with Crippen molar-refractivity contribution in [2.75, 3.05) is 50.6 Å². The Balaban J connectivity index is 2.25. The van der Waals surface area contributed by atoms with Gasteiger partial charge in [-0.05, 0) is 6.42 Å². The van der Waals surface area contributed by atoms with Crippen molar-refractivity contribution in [2.24, 2.45) is 0 Å². The molecule has 20 heavy (non-hydrogen) atoms. The van der Waals surface area contributed by atoms with E-state index in [2.05, 4.69) is 10.2 Å². The van der Waals surface area contributed by atoms with Crippen molar-refractivity contribution in [3.05, 3.63) is 4.88 Å². The van der Waals surface area contributed by atoms with Gasteiger partial charge in [-0.2, -0.15) is 0 Å². The van der Waals surface area contributed by atoms with E-state index < -0.39 is 0 Å². The highest BCUT2D eigenvalue weighted by Gasteiger charge is 2.26. The number of nitrogen functional groups attached to an aromatic ring is 1. The minimum atomic E-state index is -0.132. The van der Waals surface area contributed by atoms with E-state index >= 15 is 0 Å². The van der Waals surface area contributed by atoms with E-state index in [4.69, 9.17) is 15.2 Å². The topological polar surface area (TPSA) is 76.8 Å². The number of amides is 1. The smallest absolute Gasteiger partial charge is 0.263 e. The zero-order chi connectivity index (χ0) is 14.5. The van der Waals surface area contributed by atoms with Gasteiger partial charge in [0.2, 0.25) is 0 Å². The lowest BCUT2D eigenvalue weighted by Gasteiger charge is -2.27. The first-order valence-corrected chi connectivity index (χ1v) is 7.57. The van der Waals surface area contributed by atoms with Gasteiger partial charge in [-0.25, -0.2) is 0 Å². The number of ether oxygens (including phenoxy) is 2. The average Bonchev–Trinajstić information content (AvgIpc) is 2.82. The van der Waals surface area contributed by atoms with E-state index in [1.165, 1.54) is 11.3 Å². The van der Waals surface area contributed by atoms with Crippen LogP contribution < -0.4 is 20.7 Å². The highest BCUT2D eigenvalue weighted by atomic mass is 32.1. The van der Waals surface area contributed by atoms with Crippen LogP contribution in [0, 0.1) is 0 Å². The van der Waals surface area contributed by atoms with Crippen LogP contribution in [-0.2, 0) is 4.74 Å². The van der Waals surface area contributed by atoms with Gasteiger partial charge < -0.3 is 25.4 Å². The van der Waals surface area contributed by atoms with Gasteiger partial charge in [0, 0.05) is 19.6 Å². The monoisotopic (exact) mass is 299 g/mol. The zero-order valence-corrected chi connectivity index (χ0v) is 12.7. The molecule has 1 aromatic heterocycles. The minimum Gasteiger partial charge on any atom is -0.492 e. The van der Waals surface area contributed by atoms with Crippen LogP contribution in [0.4, 0.5) is 10.7 Å². The van der Waals surface area contributed by atoms with E-state index in [0.29, 0.717) is 36.1 Å². The normalized spacial score (nSPS) is 15.2. The zero-order valence-electron chi connectivity index (χ0n) is 11.9. The molecule has 2 heterocycles. The number of methoxy groups -OCH3 is 1. The Hall–Kier alpha value is -1.47. The fraction of sp³-hybridized carbons (Fsp3) is 0.615. The molecule has 3 N–H and O–H groups in total. The predicted molar refractivity (Wildman–Crippen MR) is 80.9 cm³/mol. The second-order valence-electron chi connectivity index (χ2n) is 4.54. The molecule has 0 unspecified atom stereocenters. The number of morpholine rings is 1. The number of carbonyl (C=O) groups is 1. The molecule has 1 aliphatic heterocycles. The molecule has 0 saturated carbocycles. The van der Waals surface area contributed by atoms with Crippen LogP contribution in [0.25, 0.3) is 0 Å². The van der Waals surface area contributed by atoms with Gasteiger partial charge in [0.1, 0.15) is 15.6 Å². The van der Waals surface area contributed by atoms with Crippen molar-refractivity contribution < 1.29 is 14.3 Å². The maximum absolute atomic E-state index is 12.1. The first-order chi connectivity index (χ1) is 9.69. The highest BCUT2D eigenvalue weighted by molar-refractivity contribution is 7.19. The van der Waals surface area contributed by atoms with E-state index in [9.17, 15) is 4.79 Å². The molecule has 1 amide bonds. The fourth-order valence-corrected chi connectivity index (χ4v) is 3.23. The molecular weight excluding hydrogens is 278 g/mol. The molecule has 0 aliphatic carbocycles. The molecule has 1 aromatic rings. The first kappa shape index (κ1) is 14.9. The number of nitrogens with one attached hydrogen (secondary N) is 1. The average molecular weight is 299 g/mol. The quantitative estimate of drug-likeness (QED) is 0.857. The van der Waals surface area contributed by atoms with E-state index in [0.717, 1.165) is 24.5 Å². The third-order valence-electron chi connectivity index (χ3n) is 3.13. The summed E-state index contributed by atoms with van der Waals surface area (Å²) in [6, 6.07) is 0. The Morgan fingerprint density at radius 3 is 2.80 bits per heavy atom. The lowest BCUT2D eigenvalue weighted by Crippen LogP contribution is -2.35. The van der Waals surface area contributed by atoms with Gasteiger partial charge in [0.15, 0.2) is 5.75 Å². The third kappa shape index (κ3) is 2.99. The van der Waals surface area contributed by atoms with Gasteiger partial charge in [-0.15, -0.1) is 11.3 Å². The van der Waals surface area contributed by atoms with Crippen molar-refractivity contribution in [3.8, 4) is 5.75 Å². The Bertz CT molecular complexity index is 470. The Morgan fingerprint density at radius 1 is 1.50 bits per heavy atom. The largest absolute Gasteiger partial charge is 0.492 e. The summed E-state index contributed by atoms with van der Waals surface area (Å²) in [7, 11) is 1.58. The van der Waals surface area contributed by atoms with Crippen LogP contribution in [0.15, 0.2) is 0 Å². The number of thiophene rings is 1. The standard InChI is InChI=1S/C13H21N3O3S/c1-3-4-15-12(17)11-9(14)10(18-2)13(20-11)16-5-7-19-8-6-16/h3-8,14H2,1-2H3,(H,15,17). The molecule has 0 radical (unpaired) electrons. The summed E-state index contributed by atoms with van der Waals surface area (Å²) >= 11 is 1.38. The number of carbonyl (C=O) groups excluding carboxylic acids is 1. The maximum Gasteiger partial charge on any atom is 0.263 e. The van der Waals surface area contributed by atoms with Gasteiger partial charge >= 0.3 is 0 Å². The molecule has 0 spiro atoms.